The van der Waals surface area contributed by atoms with E-state index in [0.29, 0.717) is 19.8 Å². The lowest BCUT2D eigenvalue weighted by molar-refractivity contribution is 0.248. The molecule has 0 atom stereocenters. The van der Waals surface area contributed by atoms with Crippen molar-refractivity contribution in [3.8, 4) is 17.2 Å². The standard InChI is InChI=1S/C21H22O3/c1-2-22-18-10-6-11-19(16-18)23-14-7-15-24-21-13-5-9-17-8-3-4-12-20(17)21/h3-6,8-13,16H,2,7,14-15H2,1H3. The summed E-state index contributed by atoms with van der Waals surface area (Å²) in [5.41, 5.74) is 0. The predicted octanol–water partition coefficient (Wildman–Crippen LogP) is 5.09. The highest BCUT2D eigenvalue weighted by Gasteiger charge is 2.01. The van der Waals surface area contributed by atoms with Gasteiger partial charge in [-0.3, -0.25) is 0 Å². The summed E-state index contributed by atoms with van der Waals surface area (Å²) in [6, 6.07) is 22.1. The van der Waals surface area contributed by atoms with Gasteiger partial charge in [0.25, 0.3) is 0 Å². The number of benzene rings is 3. The van der Waals surface area contributed by atoms with Crippen LogP contribution in [0.1, 0.15) is 13.3 Å². The molecule has 0 aliphatic carbocycles. The van der Waals surface area contributed by atoms with Gasteiger partial charge in [0.2, 0.25) is 0 Å². The highest BCUT2D eigenvalue weighted by molar-refractivity contribution is 5.88. The molecule has 3 nitrogen and oxygen atoms in total. The van der Waals surface area contributed by atoms with E-state index in [4.69, 9.17) is 14.2 Å². The van der Waals surface area contributed by atoms with Crippen LogP contribution in [0, 0.1) is 0 Å². The summed E-state index contributed by atoms with van der Waals surface area (Å²) in [4.78, 5) is 0. The Hall–Kier alpha value is -2.68. The van der Waals surface area contributed by atoms with Crippen molar-refractivity contribution < 1.29 is 14.2 Å². The molecule has 0 aromatic heterocycles. The topological polar surface area (TPSA) is 27.7 Å². The molecule has 3 aromatic rings. The number of hydrogen-bond donors (Lipinski definition) is 0. The van der Waals surface area contributed by atoms with Gasteiger partial charge >= 0.3 is 0 Å². The summed E-state index contributed by atoms with van der Waals surface area (Å²) < 4.78 is 17.1. The minimum absolute atomic E-state index is 0.611. The monoisotopic (exact) mass is 322 g/mol. The predicted molar refractivity (Wildman–Crippen MR) is 97.2 cm³/mol. The zero-order chi connectivity index (χ0) is 16.6. The van der Waals surface area contributed by atoms with Gasteiger partial charge in [-0.1, -0.05) is 42.5 Å². The smallest absolute Gasteiger partial charge is 0.127 e. The van der Waals surface area contributed by atoms with E-state index < -0.39 is 0 Å². The highest BCUT2D eigenvalue weighted by atomic mass is 16.5. The van der Waals surface area contributed by atoms with E-state index in [1.54, 1.807) is 0 Å². The largest absolute Gasteiger partial charge is 0.494 e. The molecular weight excluding hydrogens is 300 g/mol. The van der Waals surface area contributed by atoms with Crippen LogP contribution in [0.25, 0.3) is 10.8 Å². The fourth-order valence-corrected chi connectivity index (χ4v) is 2.57. The Bertz CT molecular complexity index is 777. The van der Waals surface area contributed by atoms with Crippen molar-refractivity contribution >= 4 is 10.8 Å². The molecule has 24 heavy (non-hydrogen) atoms. The van der Waals surface area contributed by atoms with Crippen LogP contribution in [0.5, 0.6) is 17.2 Å². The van der Waals surface area contributed by atoms with Crippen molar-refractivity contribution in [2.75, 3.05) is 19.8 Å². The molecule has 0 aliphatic heterocycles. The highest BCUT2D eigenvalue weighted by Crippen LogP contribution is 2.25. The Morgan fingerprint density at radius 3 is 2.29 bits per heavy atom. The Kier molecular flexibility index (Phi) is 5.56. The minimum atomic E-state index is 0.611. The number of hydrogen-bond acceptors (Lipinski definition) is 3. The molecule has 0 bridgehead atoms. The van der Waals surface area contributed by atoms with Gasteiger partial charge in [0, 0.05) is 17.9 Å². The van der Waals surface area contributed by atoms with Gasteiger partial charge in [0.05, 0.1) is 19.8 Å². The third-order valence-electron chi connectivity index (χ3n) is 3.68. The molecule has 0 N–H and O–H groups in total. The maximum atomic E-state index is 5.91. The van der Waals surface area contributed by atoms with E-state index >= 15 is 0 Å². The Balaban J connectivity index is 1.48. The molecule has 3 aromatic carbocycles. The quantitative estimate of drug-likeness (QED) is 0.541. The summed E-state index contributed by atoms with van der Waals surface area (Å²) in [6.07, 6.45) is 0.822. The summed E-state index contributed by atoms with van der Waals surface area (Å²) >= 11 is 0. The fraction of sp³-hybridized carbons (Fsp3) is 0.238. The lowest BCUT2D eigenvalue weighted by Gasteiger charge is -2.11. The van der Waals surface area contributed by atoms with Crippen LogP contribution in [0.4, 0.5) is 0 Å². The molecule has 0 saturated carbocycles. The average molecular weight is 322 g/mol. The minimum Gasteiger partial charge on any atom is -0.494 e. The molecule has 0 amide bonds. The van der Waals surface area contributed by atoms with Crippen LogP contribution in [0.2, 0.25) is 0 Å². The molecule has 0 fully saturated rings. The van der Waals surface area contributed by atoms with Crippen LogP contribution in [0.3, 0.4) is 0 Å². The van der Waals surface area contributed by atoms with Crippen molar-refractivity contribution in [2.24, 2.45) is 0 Å². The summed E-state index contributed by atoms with van der Waals surface area (Å²) in [7, 11) is 0. The van der Waals surface area contributed by atoms with Gasteiger partial charge in [0.1, 0.15) is 17.2 Å². The lowest BCUT2D eigenvalue weighted by Crippen LogP contribution is -2.05. The molecule has 124 valence electrons. The first-order chi connectivity index (χ1) is 11.9. The molecule has 0 radical (unpaired) electrons. The third kappa shape index (κ3) is 4.19. The molecular formula is C21H22O3. The molecule has 0 unspecified atom stereocenters. The van der Waals surface area contributed by atoms with Crippen molar-refractivity contribution in [2.45, 2.75) is 13.3 Å². The first kappa shape index (κ1) is 16.2. The second kappa shape index (κ2) is 8.25. The van der Waals surface area contributed by atoms with Crippen LogP contribution in [-0.2, 0) is 0 Å². The Labute approximate surface area is 142 Å². The third-order valence-corrected chi connectivity index (χ3v) is 3.68. The zero-order valence-corrected chi connectivity index (χ0v) is 13.9. The van der Waals surface area contributed by atoms with Gasteiger partial charge < -0.3 is 14.2 Å². The average Bonchev–Trinajstić information content (AvgIpc) is 2.62. The molecule has 3 rings (SSSR count). The maximum Gasteiger partial charge on any atom is 0.127 e. The SMILES string of the molecule is CCOc1cccc(OCCCOc2cccc3ccccc23)c1. The maximum absolute atomic E-state index is 5.91. The summed E-state index contributed by atoms with van der Waals surface area (Å²) in [6.45, 7) is 3.86. The normalized spacial score (nSPS) is 10.5. The van der Waals surface area contributed by atoms with Crippen molar-refractivity contribution in [1.82, 2.24) is 0 Å². The Morgan fingerprint density at radius 1 is 0.708 bits per heavy atom. The van der Waals surface area contributed by atoms with Crippen molar-refractivity contribution in [3.05, 3.63) is 66.7 Å². The first-order valence-corrected chi connectivity index (χ1v) is 8.33. The van der Waals surface area contributed by atoms with E-state index in [9.17, 15) is 0 Å². The van der Waals surface area contributed by atoms with Gasteiger partial charge in [-0.15, -0.1) is 0 Å². The van der Waals surface area contributed by atoms with Gasteiger partial charge in [-0.05, 0) is 30.5 Å². The van der Waals surface area contributed by atoms with Crippen LogP contribution in [0.15, 0.2) is 66.7 Å². The Morgan fingerprint density at radius 2 is 1.42 bits per heavy atom. The number of ether oxygens (including phenoxy) is 3. The molecule has 3 heteroatoms. The van der Waals surface area contributed by atoms with Crippen LogP contribution < -0.4 is 14.2 Å². The second-order valence-corrected chi connectivity index (χ2v) is 5.44. The molecule has 0 aliphatic rings. The molecule has 0 saturated heterocycles. The van der Waals surface area contributed by atoms with Crippen LogP contribution >= 0.6 is 0 Å². The van der Waals surface area contributed by atoms with Crippen molar-refractivity contribution in [1.29, 1.82) is 0 Å². The fourth-order valence-electron chi connectivity index (χ4n) is 2.57. The van der Waals surface area contributed by atoms with Gasteiger partial charge in [-0.2, -0.15) is 0 Å². The van der Waals surface area contributed by atoms with E-state index in [1.807, 2.05) is 55.5 Å². The second-order valence-electron chi connectivity index (χ2n) is 5.44. The van der Waals surface area contributed by atoms with Gasteiger partial charge in [-0.25, -0.2) is 0 Å². The number of rotatable bonds is 8. The summed E-state index contributed by atoms with van der Waals surface area (Å²) in [5, 5.41) is 2.34. The van der Waals surface area contributed by atoms with E-state index in [-0.39, 0.29) is 0 Å². The summed E-state index contributed by atoms with van der Waals surface area (Å²) in [5.74, 6) is 2.58. The molecule has 0 heterocycles. The van der Waals surface area contributed by atoms with Gasteiger partial charge in [0.15, 0.2) is 0 Å². The van der Waals surface area contributed by atoms with E-state index in [2.05, 4.69) is 18.2 Å². The molecule has 0 spiro atoms. The van der Waals surface area contributed by atoms with Crippen molar-refractivity contribution in [3.63, 3.8) is 0 Å². The lowest BCUT2D eigenvalue weighted by atomic mass is 10.1. The number of fused-ring (bicyclic) bond motifs is 1. The van der Waals surface area contributed by atoms with Crippen LogP contribution in [-0.4, -0.2) is 19.8 Å². The zero-order valence-electron chi connectivity index (χ0n) is 13.9. The van der Waals surface area contributed by atoms with E-state index in [0.717, 1.165) is 29.1 Å². The van der Waals surface area contributed by atoms with E-state index in [1.165, 1.54) is 5.39 Å². The first-order valence-electron chi connectivity index (χ1n) is 8.33.